The number of rotatable bonds is 74. The molecule has 0 saturated carbocycles. The number of hydrogen-bond donors (Lipinski definition) is 3. The van der Waals surface area contributed by atoms with Gasteiger partial charge in [0.15, 0.2) is 12.2 Å². The molecule has 0 aliphatic carbocycles. The number of aliphatic hydroxyl groups is 1. The van der Waals surface area contributed by atoms with Crippen molar-refractivity contribution >= 4 is 39.5 Å². The highest BCUT2D eigenvalue weighted by Crippen LogP contribution is 2.45. The first-order valence-electron chi connectivity index (χ1n) is 39.7. The van der Waals surface area contributed by atoms with Gasteiger partial charge < -0.3 is 33.8 Å². The van der Waals surface area contributed by atoms with Crippen LogP contribution in [0.2, 0.25) is 0 Å². The van der Waals surface area contributed by atoms with Crippen molar-refractivity contribution in [1.82, 2.24) is 0 Å². The number of unbranched alkanes of at least 4 members (excludes halogenated alkanes) is 39. The number of aliphatic hydroxyl groups excluding tert-OH is 1. The maximum Gasteiger partial charge on any atom is 0.472 e. The molecule has 3 unspecified atom stereocenters. The van der Waals surface area contributed by atoms with Gasteiger partial charge in [-0.25, -0.2) is 9.13 Å². The van der Waals surface area contributed by atoms with Gasteiger partial charge in [0.05, 0.1) is 26.4 Å². The zero-order valence-electron chi connectivity index (χ0n) is 63.0. The van der Waals surface area contributed by atoms with Crippen LogP contribution in [0, 0.1) is 23.7 Å². The fourth-order valence-electron chi connectivity index (χ4n) is 11.7. The quantitative estimate of drug-likeness (QED) is 0.0222. The van der Waals surface area contributed by atoms with Crippen LogP contribution in [0.1, 0.15) is 389 Å². The molecule has 0 radical (unpaired) electrons. The molecule has 17 nitrogen and oxygen atoms in total. The first-order chi connectivity index (χ1) is 46.1. The van der Waals surface area contributed by atoms with Crippen molar-refractivity contribution in [2.75, 3.05) is 39.6 Å². The SMILES string of the molecule is CCC(C)CCCCCCCCCCCCCCCCCCCCC(=O)O[C@H](COC(=O)CCCCCCCCCCCCCCC(C)C)COP(=O)(O)OC[C@@H](O)COP(=O)(O)OC[C@@H](COC(=O)CCCCCCCCC(C)C)OC(=O)CCCCCCCCCC(C)C. The summed E-state index contributed by atoms with van der Waals surface area (Å²) < 4.78 is 68.4. The summed E-state index contributed by atoms with van der Waals surface area (Å²) in [5.41, 5.74) is 0. The minimum Gasteiger partial charge on any atom is -0.462 e. The molecule has 0 aliphatic rings. The Morgan fingerprint density at radius 3 is 0.740 bits per heavy atom. The van der Waals surface area contributed by atoms with Crippen molar-refractivity contribution in [3.63, 3.8) is 0 Å². The summed E-state index contributed by atoms with van der Waals surface area (Å²) in [7, 11) is -9.91. The molecule has 6 atom stereocenters. The molecule has 0 amide bonds. The summed E-state index contributed by atoms with van der Waals surface area (Å²) in [5, 5.41) is 10.6. The van der Waals surface area contributed by atoms with Gasteiger partial charge in [-0.15, -0.1) is 0 Å². The van der Waals surface area contributed by atoms with Crippen molar-refractivity contribution in [3.8, 4) is 0 Å². The minimum atomic E-state index is -4.96. The van der Waals surface area contributed by atoms with E-state index in [0.29, 0.717) is 37.5 Å². The molecule has 570 valence electrons. The third-order valence-electron chi connectivity index (χ3n) is 18.2. The lowest BCUT2D eigenvalue weighted by Gasteiger charge is -2.21. The van der Waals surface area contributed by atoms with Crippen molar-refractivity contribution < 1.29 is 80.2 Å². The van der Waals surface area contributed by atoms with E-state index in [-0.39, 0.29) is 25.7 Å². The van der Waals surface area contributed by atoms with E-state index in [1.165, 1.54) is 186 Å². The Morgan fingerprint density at radius 2 is 0.500 bits per heavy atom. The summed E-state index contributed by atoms with van der Waals surface area (Å²) in [5.74, 6) is 0.903. The van der Waals surface area contributed by atoms with Crippen LogP contribution in [0.3, 0.4) is 0 Å². The Bertz CT molecular complexity index is 1890. The molecule has 0 aromatic heterocycles. The van der Waals surface area contributed by atoms with Crippen molar-refractivity contribution in [2.24, 2.45) is 23.7 Å². The van der Waals surface area contributed by atoms with Crippen molar-refractivity contribution in [3.05, 3.63) is 0 Å². The van der Waals surface area contributed by atoms with Gasteiger partial charge >= 0.3 is 39.5 Å². The van der Waals surface area contributed by atoms with Crippen LogP contribution in [-0.4, -0.2) is 96.7 Å². The predicted molar refractivity (Wildman–Crippen MR) is 391 cm³/mol. The first kappa shape index (κ1) is 94.1. The third kappa shape index (κ3) is 69.2. The van der Waals surface area contributed by atoms with Gasteiger partial charge in [-0.05, 0) is 49.4 Å². The molecule has 0 aromatic rings. The maximum absolute atomic E-state index is 13.1. The second-order valence-electron chi connectivity index (χ2n) is 29.4. The normalized spacial score (nSPS) is 14.4. The van der Waals surface area contributed by atoms with E-state index in [4.69, 9.17) is 37.0 Å². The van der Waals surface area contributed by atoms with E-state index in [2.05, 4.69) is 55.4 Å². The fraction of sp³-hybridized carbons (Fsp3) is 0.948. The van der Waals surface area contributed by atoms with Crippen LogP contribution in [0.5, 0.6) is 0 Å². The summed E-state index contributed by atoms with van der Waals surface area (Å²) in [6.07, 6.45) is 51.7. The van der Waals surface area contributed by atoms with Gasteiger partial charge in [0.1, 0.15) is 19.3 Å². The standard InChI is InChI=1S/C77H150O17P2/c1-9-70(8)56-48-40-31-25-21-16-14-12-10-11-13-15-17-23-27-33-43-51-59-76(81)93-72(63-87-74(79)57-49-41-32-26-22-19-18-20-24-29-37-45-53-67(2)3)65-91-95(83,84)89-61-71(78)62-90-96(85,86)92-66-73(64-88-75(80)58-50-42-36-35-39-47-55-69(6)7)94-77(82)60-52-44-34-28-30-38-46-54-68(4)5/h67-73,78H,9-66H2,1-8H3,(H,83,84)(H,85,86)/t70?,71-,72-,73-/m1/s1. The zero-order valence-corrected chi connectivity index (χ0v) is 64.8. The number of esters is 4. The van der Waals surface area contributed by atoms with E-state index < -0.39 is 97.5 Å². The van der Waals surface area contributed by atoms with Gasteiger partial charge in [-0.3, -0.25) is 37.3 Å². The summed E-state index contributed by atoms with van der Waals surface area (Å²) in [6, 6.07) is 0. The highest BCUT2D eigenvalue weighted by atomic mass is 31.2. The van der Waals surface area contributed by atoms with Gasteiger partial charge in [-0.2, -0.15) is 0 Å². The molecule has 0 rings (SSSR count). The van der Waals surface area contributed by atoms with Gasteiger partial charge in [-0.1, -0.05) is 338 Å². The Hall–Kier alpha value is -1.94. The van der Waals surface area contributed by atoms with Crippen molar-refractivity contribution in [2.45, 2.75) is 408 Å². The first-order valence-corrected chi connectivity index (χ1v) is 42.7. The second-order valence-corrected chi connectivity index (χ2v) is 32.3. The lowest BCUT2D eigenvalue weighted by Crippen LogP contribution is -2.30. The number of ether oxygens (including phenoxy) is 4. The van der Waals surface area contributed by atoms with Gasteiger partial charge in [0, 0.05) is 25.7 Å². The Labute approximate surface area is 588 Å². The second kappa shape index (κ2) is 66.3. The smallest absolute Gasteiger partial charge is 0.462 e. The van der Waals surface area contributed by atoms with E-state index in [1.807, 2.05) is 0 Å². The highest BCUT2D eigenvalue weighted by molar-refractivity contribution is 7.47. The monoisotopic (exact) mass is 1410 g/mol. The molecule has 0 fully saturated rings. The number of phosphoric ester groups is 2. The minimum absolute atomic E-state index is 0.102. The molecule has 0 bridgehead atoms. The third-order valence-corrected chi connectivity index (χ3v) is 20.1. The van der Waals surface area contributed by atoms with Gasteiger partial charge in [0.25, 0.3) is 0 Å². The van der Waals surface area contributed by atoms with Crippen LogP contribution in [0.15, 0.2) is 0 Å². The van der Waals surface area contributed by atoms with Crippen LogP contribution in [0.4, 0.5) is 0 Å². The molecule has 96 heavy (non-hydrogen) atoms. The summed E-state index contributed by atoms with van der Waals surface area (Å²) in [4.78, 5) is 72.7. The average Bonchev–Trinajstić information content (AvgIpc) is 1.83. The molecule has 0 aliphatic heterocycles. The topological polar surface area (TPSA) is 237 Å². The summed E-state index contributed by atoms with van der Waals surface area (Å²) in [6.45, 7) is 14.1. The largest absolute Gasteiger partial charge is 0.472 e. The van der Waals surface area contributed by atoms with Crippen LogP contribution < -0.4 is 0 Å². The molecular weight excluding hydrogens is 1260 g/mol. The maximum atomic E-state index is 13.1. The fourth-order valence-corrected chi connectivity index (χ4v) is 13.3. The summed E-state index contributed by atoms with van der Waals surface area (Å²) >= 11 is 0. The highest BCUT2D eigenvalue weighted by Gasteiger charge is 2.30. The van der Waals surface area contributed by atoms with Crippen LogP contribution >= 0.6 is 15.6 Å². The number of carbonyl (C=O) groups excluding carboxylic acids is 4. The lowest BCUT2D eigenvalue weighted by atomic mass is 9.99. The van der Waals surface area contributed by atoms with Crippen LogP contribution in [0.25, 0.3) is 0 Å². The Balaban J connectivity index is 5.18. The lowest BCUT2D eigenvalue weighted by molar-refractivity contribution is -0.161. The Kier molecular flexibility index (Phi) is 65.0. The number of hydrogen-bond acceptors (Lipinski definition) is 15. The van der Waals surface area contributed by atoms with E-state index >= 15 is 0 Å². The van der Waals surface area contributed by atoms with Crippen LogP contribution in [-0.2, 0) is 65.4 Å². The molecular formula is C77H150O17P2. The average molecular weight is 1410 g/mol. The Morgan fingerprint density at radius 1 is 0.292 bits per heavy atom. The molecule has 0 spiro atoms. The predicted octanol–water partition coefficient (Wildman–Crippen LogP) is 22.4. The molecule has 0 heterocycles. The van der Waals surface area contributed by atoms with Gasteiger partial charge in [0.2, 0.25) is 0 Å². The number of phosphoric acid groups is 2. The van der Waals surface area contributed by atoms with E-state index in [9.17, 15) is 43.2 Å². The van der Waals surface area contributed by atoms with Crippen molar-refractivity contribution in [1.29, 1.82) is 0 Å². The molecule has 3 N–H and O–H groups in total. The molecule has 19 heteroatoms. The molecule has 0 aromatic carbocycles. The zero-order chi connectivity index (χ0) is 71.0. The van der Waals surface area contributed by atoms with E-state index in [0.717, 1.165) is 108 Å². The molecule has 0 saturated heterocycles. The van der Waals surface area contributed by atoms with E-state index in [1.54, 1.807) is 0 Å². The number of carbonyl (C=O) groups is 4.